The van der Waals surface area contributed by atoms with E-state index in [0.717, 1.165) is 32.6 Å². The minimum atomic E-state index is -0.0416. The summed E-state index contributed by atoms with van der Waals surface area (Å²) < 4.78 is 5.51. The first-order valence-corrected chi connectivity index (χ1v) is 7.72. The molecule has 0 unspecified atom stereocenters. The number of amides is 1. The summed E-state index contributed by atoms with van der Waals surface area (Å²) in [5.74, 6) is 0.605. The third-order valence-corrected chi connectivity index (χ3v) is 3.55. The quantitative estimate of drug-likeness (QED) is 0.873. The molecule has 116 valence electrons. The molecular weight excluding hydrogens is 290 g/mol. The number of halogens is 1. The van der Waals surface area contributed by atoms with Gasteiger partial charge in [0.1, 0.15) is 5.75 Å². The van der Waals surface area contributed by atoms with E-state index in [4.69, 9.17) is 16.3 Å². The van der Waals surface area contributed by atoms with Crippen LogP contribution < -0.4 is 15.4 Å². The van der Waals surface area contributed by atoms with E-state index in [1.165, 1.54) is 0 Å². The van der Waals surface area contributed by atoms with Crippen LogP contribution >= 0.6 is 11.6 Å². The Labute approximate surface area is 130 Å². The third-order valence-electron chi connectivity index (χ3n) is 3.32. The fourth-order valence-electron chi connectivity index (χ4n) is 2.33. The Morgan fingerprint density at radius 1 is 1.43 bits per heavy atom. The van der Waals surface area contributed by atoms with E-state index in [9.17, 15) is 4.79 Å². The van der Waals surface area contributed by atoms with Gasteiger partial charge in [-0.3, -0.25) is 9.69 Å². The van der Waals surface area contributed by atoms with E-state index >= 15 is 0 Å². The van der Waals surface area contributed by atoms with E-state index in [2.05, 4.69) is 15.5 Å². The predicted molar refractivity (Wildman–Crippen MR) is 85.2 cm³/mol. The lowest BCUT2D eigenvalue weighted by atomic mass is 10.3. The van der Waals surface area contributed by atoms with Crippen LogP contribution in [-0.2, 0) is 4.79 Å². The van der Waals surface area contributed by atoms with Gasteiger partial charge in [-0.1, -0.05) is 11.6 Å². The van der Waals surface area contributed by atoms with Crippen molar-refractivity contribution in [3.63, 3.8) is 0 Å². The fraction of sp³-hybridized carbons (Fsp3) is 0.533. The number of hydrogen-bond acceptors (Lipinski definition) is 4. The summed E-state index contributed by atoms with van der Waals surface area (Å²) >= 11 is 5.99. The SMILES string of the molecule is CCOc1ccc(Cl)cc1NC(=O)CN1CCCNCC1. The Kier molecular flexibility index (Phi) is 6.29. The number of nitrogens with zero attached hydrogens (tertiary/aromatic N) is 1. The molecule has 1 fully saturated rings. The lowest BCUT2D eigenvalue weighted by Gasteiger charge is -2.19. The Morgan fingerprint density at radius 2 is 2.29 bits per heavy atom. The number of carbonyl (C=O) groups is 1. The lowest BCUT2D eigenvalue weighted by molar-refractivity contribution is -0.117. The maximum atomic E-state index is 12.2. The monoisotopic (exact) mass is 311 g/mol. The highest BCUT2D eigenvalue weighted by molar-refractivity contribution is 6.31. The van der Waals surface area contributed by atoms with Crippen LogP contribution in [-0.4, -0.2) is 50.1 Å². The van der Waals surface area contributed by atoms with Crippen LogP contribution in [0.1, 0.15) is 13.3 Å². The van der Waals surface area contributed by atoms with Gasteiger partial charge in [-0.15, -0.1) is 0 Å². The largest absolute Gasteiger partial charge is 0.492 e. The van der Waals surface area contributed by atoms with Crippen molar-refractivity contribution in [2.45, 2.75) is 13.3 Å². The number of benzene rings is 1. The smallest absolute Gasteiger partial charge is 0.238 e. The van der Waals surface area contributed by atoms with Crippen molar-refractivity contribution in [3.05, 3.63) is 23.2 Å². The molecule has 0 aromatic heterocycles. The Balaban J connectivity index is 1.96. The van der Waals surface area contributed by atoms with Gasteiger partial charge in [0, 0.05) is 18.1 Å². The van der Waals surface area contributed by atoms with Gasteiger partial charge in [-0.05, 0) is 44.6 Å². The van der Waals surface area contributed by atoms with Crippen molar-refractivity contribution >= 4 is 23.2 Å². The Hall–Kier alpha value is -1.30. The average molecular weight is 312 g/mol. The summed E-state index contributed by atoms with van der Waals surface area (Å²) in [7, 11) is 0. The van der Waals surface area contributed by atoms with Gasteiger partial charge in [0.15, 0.2) is 0 Å². The molecule has 0 atom stereocenters. The van der Waals surface area contributed by atoms with Crippen molar-refractivity contribution in [3.8, 4) is 5.75 Å². The zero-order valence-electron chi connectivity index (χ0n) is 12.3. The summed E-state index contributed by atoms with van der Waals surface area (Å²) in [6.07, 6.45) is 1.06. The number of ether oxygens (including phenoxy) is 1. The minimum absolute atomic E-state index is 0.0416. The van der Waals surface area contributed by atoms with Crippen LogP contribution in [0.4, 0.5) is 5.69 Å². The molecule has 2 N–H and O–H groups in total. The number of anilines is 1. The highest BCUT2D eigenvalue weighted by Gasteiger charge is 2.14. The predicted octanol–water partition coefficient (Wildman–Crippen LogP) is 1.97. The van der Waals surface area contributed by atoms with Gasteiger partial charge in [0.2, 0.25) is 5.91 Å². The second-order valence-corrected chi connectivity index (χ2v) is 5.44. The molecule has 5 nitrogen and oxygen atoms in total. The minimum Gasteiger partial charge on any atom is -0.492 e. The average Bonchev–Trinajstić information content (AvgIpc) is 2.70. The van der Waals surface area contributed by atoms with Crippen molar-refractivity contribution < 1.29 is 9.53 Å². The van der Waals surface area contributed by atoms with Gasteiger partial charge in [0.05, 0.1) is 18.8 Å². The summed E-state index contributed by atoms with van der Waals surface area (Å²) in [5, 5.41) is 6.79. The topological polar surface area (TPSA) is 53.6 Å². The highest BCUT2D eigenvalue weighted by atomic mass is 35.5. The van der Waals surface area contributed by atoms with Gasteiger partial charge >= 0.3 is 0 Å². The maximum absolute atomic E-state index is 12.2. The van der Waals surface area contributed by atoms with E-state index in [1.54, 1.807) is 18.2 Å². The van der Waals surface area contributed by atoms with Crippen LogP contribution in [0, 0.1) is 0 Å². The van der Waals surface area contributed by atoms with Crippen LogP contribution in [0.3, 0.4) is 0 Å². The van der Waals surface area contributed by atoms with E-state index in [0.29, 0.717) is 29.6 Å². The zero-order valence-corrected chi connectivity index (χ0v) is 13.1. The summed E-state index contributed by atoms with van der Waals surface area (Å²) in [6, 6.07) is 5.24. The van der Waals surface area contributed by atoms with Crippen LogP contribution in [0.5, 0.6) is 5.75 Å². The second-order valence-electron chi connectivity index (χ2n) is 5.00. The summed E-state index contributed by atoms with van der Waals surface area (Å²) in [4.78, 5) is 14.3. The van der Waals surface area contributed by atoms with Gasteiger partial charge < -0.3 is 15.4 Å². The molecule has 6 heteroatoms. The molecule has 0 saturated carbocycles. The molecule has 0 spiro atoms. The molecule has 0 radical (unpaired) electrons. The first-order chi connectivity index (χ1) is 10.2. The molecular formula is C15H22ClN3O2. The highest BCUT2D eigenvalue weighted by Crippen LogP contribution is 2.28. The molecule has 2 rings (SSSR count). The van der Waals surface area contributed by atoms with E-state index in [1.807, 2.05) is 6.92 Å². The Morgan fingerprint density at radius 3 is 3.10 bits per heavy atom. The number of hydrogen-bond donors (Lipinski definition) is 2. The molecule has 1 aromatic carbocycles. The van der Waals surface area contributed by atoms with Crippen LogP contribution in [0.2, 0.25) is 5.02 Å². The standard InChI is InChI=1S/C15H22ClN3O2/c1-2-21-14-5-4-12(16)10-13(14)18-15(20)11-19-8-3-6-17-7-9-19/h4-5,10,17H,2-3,6-9,11H2,1H3,(H,18,20). The molecule has 0 aliphatic carbocycles. The lowest BCUT2D eigenvalue weighted by Crippen LogP contribution is -2.35. The van der Waals surface area contributed by atoms with Gasteiger partial charge in [-0.25, -0.2) is 0 Å². The Bertz CT molecular complexity index is 474. The van der Waals surface area contributed by atoms with E-state index in [-0.39, 0.29) is 5.91 Å². The van der Waals surface area contributed by atoms with Crippen molar-refractivity contribution in [2.75, 3.05) is 44.6 Å². The van der Waals surface area contributed by atoms with Crippen molar-refractivity contribution in [1.82, 2.24) is 10.2 Å². The maximum Gasteiger partial charge on any atom is 0.238 e. The normalized spacial score (nSPS) is 16.3. The van der Waals surface area contributed by atoms with Gasteiger partial charge in [-0.2, -0.15) is 0 Å². The van der Waals surface area contributed by atoms with Crippen molar-refractivity contribution in [2.24, 2.45) is 0 Å². The molecule has 1 amide bonds. The van der Waals surface area contributed by atoms with Crippen LogP contribution in [0.15, 0.2) is 18.2 Å². The molecule has 1 aliphatic rings. The molecule has 1 aromatic rings. The first kappa shape index (κ1) is 16.1. The zero-order chi connectivity index (χ0) is 15.1. The molecule has 1 saturated heterocycles. The summed E-state index contributed by atoms with van der Waals surface area (Å²) in [6.45, 7) is 6.61. The second kappa shape index (κ2) is 8.22. The van der Waals surface area contributed by atoms with Crippen LogP contribution in [0.25, 0.3) is 0 Å². The van der Waals surface area contributed by atoms with Gasteiger partial charge in [0.25, 0.3) is 0 Å². The number of carbonyl (C=O) groups excluding carboxylic acids is 1. The first-order valence-electron chi connectivity index (χ1n) is 7.34. The molecule has 1 aliphatic heterocycles. The third kappa shape index (κ3) is 5.19. The van der Waals surface area contributed by atoms with E-state index < -0.39 is 0 Å². The fourth-order valence-corrected chi connectivity index (χ4v) is 2.51. The number of rotatable bonds is 5. The summed E-state index contributed by atoms with van der Waals surface area (Å²) in [5.41, 5.74) is 0.627. The number of nitrogens with one attached hydrogen (secondary N) is 2. The van der Waals surface area contributed by atoms with Crippen molar-refractivity contribution in [1.29, 1.82) is 0 Å². The molecule has 0 bridgehead atoms. The molecule has 1 heterocycles. The molecule has 21 heavy (non-hydrogen) atoms.